The molecular weight excluding hydrogens is 381 g/mol. The third kappa shape index (κ3) is 5.30. The van der Waals surface area contributed by atoms with Gasteiger partial charge in [-0.25, -0.2) is 0 Å². The number of methoxy groups -OCH3 is 1. The Labute approximate surface area is 166 Å². The van der Waals surface area contributed by atoms with Gasteiger partial charge in [-0.1, -0.05) is 95.0 Å². The van der Waals surface area contributed by atoms with Crippen LogP contribution in [0.4, 0.5) is 0 Å². The van der Waals surface area contributed by atoms with E-state index in [1.54, 1.807) is 0 Å². The van der Waals surface area contributed by atoms with E-state index in [0.29, 0.717) is 0 Å². The number of ether oxygens (including phenoxy) is 1. The fourth-order valence-corrected chi connectivity index (χ4v) is 99.4. The zero-order valence-corrected chi connectivity index (χ0v) is 22.7. The Hall–Kier alpha value is -0.432. The van der Waals surface area contributed by atoms with Crippen molar-refractivity contribution in [3.63, 3.8) is 0 Å². The van der Waals surface area contributed by atoms with Crippen LogP contribution in [0.3, 0.4) is 0 Å². The average Bonchev–Trinajstić information content (AvgIpc) is 2.47. The highest BCUT2D eigenvalue weighted by Crippen LogP contribution is 2.37. The molecule has 1 nitrogen and oxygen atoms in total. The molecule has 0 bridgehead atoms. The van der Waals surface area contributed by atoms with E-state index < -0.39 is 29.4 Å². The van der Waals surface area contributed by atoms with Crippen molar-refractivity contribution in [1.82, 2.24) is 0 Å². The van der Waals surface area contributed by atoms with Crippen molar-refractivity contribution in [3.05, 3.63) is 53.4 Å². The molecule has 1 rings (SSSR count). The molecular formula is C21H40OSi4. The van der Waals surface area contributed by atoms with Crippen molar-refractivity contribution in [2.24, 2.45) is 0 Å². The third-order valence-corrected chi connectivity index (χ3v) is 76.5. The quantitative estimate of drug-likeness (QED) is 0.359. The first-order valence-corrected chi connectivity index (χ1v) is 25.3. The van der Waals surface area contributed by atoms with E-state index in [-0.39, 0.29) is 6.10 Å². The van der Waals surface area contributed by atoms with Crippen LogP contribution in [0.5, 0.6) is 0 Å². The van der Waals surface area contributed by atoms with Crippen LogP contribution < -0.4 is 0 Å². The summed E-state index contributed by atoms with van der Waals surface area (Å²) in [5.41, 5.74) is 7.68. The van der Waals surface area contributed by atoms with E-state index in [1.807, 2.05) is 7.11 Å². The van der Waals surface area contributed by atoms with Crippen LogP contribution in [-0.4, -0.2) is 42.6 Å². The van der Waals surface area contributed by atoms with Crippen LogP contribution in [0.15, 0.2) is 47.8 Å². The Morgan fingerprint density at radius 2 is 1.31 bits per heavy atom. The minimum Gasteiger partial charge on any atom is -0.376 e. The van der Waals surface area contributed by atoms with Crippen molar-refractivity contribution in [2.75, 3.05) is 7.11 Å². The molecule has 0 aliphatic carbocycles. The molecule has 0 N–H and O–H groups in total. The zero-order chi connectivity index (χ0) is 20.2. The molecule has 0 saturated carbocycles. The maximum absolute atomic E-state index is 5.74. The van der Waals surface area contributed by atoms with Gasteiger partial charge in [0.2, 0.25) is 0 Å². The second-order valence-electron chi connectivity index (χ2n) is 10.5. The molecule has 0 saturated heterocycles. The van der Waals surface area contributed by atoms with E-state index in [4.69, 9.17) is 4.74 Å². The monoisotopic (exact) mass is 420 g/mol. The Kier molecular flexibility index (Phi) is 7.91. The number of hydrogen-bond acceptors (Lipinski definition) is 1. The molecule has 1 aromatic rings. The molecule has 0 heterocycles. The first kappa shape index (κ1) is 23.6. The van der Waals surface area contributed by atoms with Crippen LogP contribution in [0.1, 0.15) is 5.56 Å². The zero-order valence-electron chi connectivity index (χ0n) is 18.7. The van der Waals surface area contributed by atoms with Crippen molar-refractivity contribution in [1.29, 1.82) is 0 Å². The molecule has 0 fully saturated rings. The predicted molar refractivity (Wildman–Crippen MR) is 129 cm³/mol. The van der Waals surface area contributed by atoms with Gasteiger partial charge in [0.15, 0.2) is 0 Å². The van der Waals surface area contributed by atoms with Gasteiger partial charge in [0.05, 0.1) is 12.7 Å². The summed E-state index contributed by atoms with van der Waals surface area (Å²) in [5, 5.41) is 0. The summed E-state index contributed by atoms with van der Waals surface area (Å²) >= 11 is 0. The fraction of sp³-hybridized carbons (Fsp3) is 0.571. The van der Waals surface area contributed by atoms with Gasteiger partial charge in [0, 0.05) is 36.3 Å². The lowest BCUT2D eigenvalue weighted by Crippen LogP contribution is -2.81. The average molecular weight is 421 g/mol. The molecule has 0 aliphatic heterocycles. The Bertz CT molecular complexity index is 591. The van der Waals surface area contributed by atoms with Crippen molar-refractivity contribution in [2.45, 2.75) is 71.4 Å². The Morgan fingerprint density at radius 3 is 1.69 bits per heavy atom. The lowest BCUT2D eigenvalue weighted by atomic mass is 10.1. The standard InChI is InChI=1S/C21H40OSi4/c1-22-21(19-20-15-12-11-13-16-20)17-14-18-26(23(2,3)4,24(5,6)7)25(8,9)10/h11-13,15-18,21H,19H2,1-10H3. The summed E-state index contributed by atoms with van der Waals surface area (Å²) in [6, 6.07) is 10.6. The maximum Gasteiger partial charge on any atom is 0.0865 e. The lowest BCUT2D eigenvalue weighted by Gasteiger charge is -2.55. The summed E-state index contributed by atoms with van der Waals surface area (Å²) in [6.45, 7) is 22.1. The van der Waals surface area contributed by atoms with E-state index >= 15 is 0 Å². The molecule has 0 aliphatic rings. The molecule has 1 unspecified atom stereocenters. The van der Waals surface area contributed by atoms with Crippen molar-refractivity contribution >= 4 is 29.4 Å². The molecule has 0 spiro atoms. The first-order chi connectivity index (χ1) is 11.8. The fourth-order valence-electron chi connectivity index (χ4n) is 5.36. The minimum atomic E-state index is -1.48. The second kappa shape index (κ2) is 8.72. The van der Waals surface area contributed by atoms with Crippen molar-refractivity contribution < 1.29 is 4.74 Å². The van der Waals surface area contributed by atoms with Gasteiger partial charge in [-0.15, -0.1) is 5.73 Å². The van der Waals surface area contributed by atoms with Crippen LogP contribution in [0.2, 0.25) is 58.9 Å². The van der Waals surface area contributed by atoms with Gasteiger partial charge in [0.1, 0.15) is 0 Å². The van der Waals surface area contributed by atoms with Gasteiger partial charge in [-0.2, -0.15) is 0 Å². The van der Waals surface area contributed by atoms with Gasteiger partial charge >= 0.3 is 0 Å². The summed E-state index contributed by atoms with van der Waals surface area (Å²) < 4.78 is 5.74. The predicted octanol–water partition coefficient (Wildman–Crippen LogP) is 6.19. The van der Waals surface area contributed by atoms with Gasteiger partial charge in [0.25, 0.3) is 0 Å². The highest BCUT2D eigenvalue weighted by atomic mass is 29.9. The first-order valence-electron chi connectivity index (χ1n) is 9.77. The Morgan fingerprint density at radius 1 is 0.846 bits per heavy atom. The lowest BCUT2D eigenvalue weighted by molar-refractivity contribution is 0.141. The third-order valence-electron chi connectivity index (χ3n) is 5.71. The summed E-state index contributed by atoms with van der Waals surface area (Å²) in [7, 11) is -2.03. The van der Waals surface area contributed by atoms with Crippen LogP contribution >= 0.6 is 0 Å². The number of rotatable bonds is 8. The number of benzene rings is 1. The van der Waals surface area contributed by atoms with Crippen LogP contribution in [-0.2, 0) is 11.2 Å². The van der Waals surface area contributed by atoms with Crippen LogP contribution in [0.25, 0.3) is 0 Å². The van der Waals surface area contributed by atoms with Crippen LogP contribution in [0, 0.1) is 0 Å². The highest BCUT2D eigenvalue weighted by molar-refractivity contribution is 7.90. The van der Waals surface area contributed by atoms with Gasteiger partial charge in [-0.05, 0) is 11.6 Å². The van der Waals surface area contributed by atoms with Gasteiger partial charge < -0.3 is 4.74 Å². The number of hydrogen-bond donors (Lipinski definition) is 0. The largest absolute Gasteiger partial charge is 0.376 e. The van der Waals surface area contributed by atoms with E-state index in [1.165, 1.54) is 5.56 Å². The molecule has 146 valence electrons. The molecule has 1 atom stereocenters. The smallest absolute Gasteiger partial charge is 0.0865 e. The molecule has 0 amide bonds. The topological polar surface area (TPSA) is 9.23 Å². The molecule has 5 heteroatoms. The highest BCUT2D eigenvalue weighted by Gasteiger charge is 2.60. The Balaban J connectivity index is 3.30. The minimum absolute atomic E-state index is 0.102. The maximum atomic E-state index is 5.74. The summed E-state index contributed by atoms with van der Waals surface area (Å²) in [6.07, 6.45) is 3.21. The second-order valence-corrected chi connectivity index (χ2v) is 51.0. The SMILES string of the molecule is COC(C=C=C[Si]([Si](C)(C)C)([Si](C)(C)C)[Si](C)(C)C)Cc1ccccc1. The van der Waals surface area contributed by atoms with Crippen molar-refractivity contribution in [3.8, 4) is 0 Å². The molecule has 0 radical (unpaired) electrons. The summed E-state index contributed by atoms with van der Waals surface area (Å²) in [5.74, 6) is 0. The van der Waals surface area contributed by atoms with Gasteiger partial charge in [-0.3, -0.25) is 0 Å². The molecule has 26 heavy (non-hydrogen) atoms. The summed E-state index contributed by atoms with van der Waals surface area (Å²) in [4.78, 5) is 0. The molecule has 0 aromatic heterocycles. The normalized spacial score (nSPS) is 14.5. The molecule has 1 aromatic carbocycles. The van der Waals surface area contributed by atoms with E-state index in [9.17, 15) is 0 Å². The van der Waals surface area contributed by atoms with E-state index in [0.717, 1.165) is 6.42 Å². The van der Waals surface area contributed by atoms with E-state index in [2.05, 4.69) is 107 Å².